The molecule has 1 heterocycles. The first-order chi connectivity index (χ1) is 9.81. The van der Waals surface area contributed by atoms with Crippen molar-refractivity contribution in [3.05, 3.63) is 24.3 Å². The second kappa shape index (κ2) is 8.41. The maximum absolute atomic E-state index is 5.63. The zero-order chi connectivity index (χ0) is 14.2. The fraction of sp³-hybridized carbons (Fsp3) is 0.600. The molecule has 1 aliphatic rings. The van der Waals surface area contributed by atoms with E-state index in [2.05, 4.69) is 12.1 Å². The van der Waals surface area contributed by atoms with Crippen molar-refractivity contribution < 1.29 is 18.9 Å². The van der Waals surface area contributed by atoms with Crippen LogP contribution in [0.25, 0.3) is 0 Å². The molecule has 4 nitrogen and oxygen atoms in total. The highest BCUT2D eigenvalue weighted by Gasteiger charge is 2.22. The summed E-state index contributed by atoms with van der Waals surface area (Å²) in [5.41, 5.74) is 0. The van der Waals surface area contributed by atoms with Crippen molar-refractivity contribution in [3.63, 3.8) is 0 Å². The first-order valence-electron chi connectivity index (χ1n) is 7.38. The largest absolute Gasteiger partial charge is 0.491 e. The smallest absolute Gasteiger partial charge is 0.155 e. The van der Waals surface area contributed by atoms with E-state index >= 15 is 0 Å². The predicted octanol–water partition coefficient (Wildman–Crippen LogP) is 1.08. The molecule has 1 aromatic carbocycles. The van der Waals surface area contributed by atoms with Gasteiger partial charge in [0.15, 0.2) is 6.29 Å². The van der Waals surface area contributed by atoms with E-state index in [0.29, 0.717) is 25.9 Å². The van der Waals surface area contributed by atoms with Crippen molar-refractivity contribution >= 4 is 14.7 Å². The van der Waals surface area contributed by atoms with E-state index in [4.69, 9.17) is 18.9 Å². The third-order valence-corrected chi connectivity index (χ3v) is 4.94. The second-order valence-electron chi connectivity index (χ2n) is 4.79. The van der Waals surface area contributed by atoms with Crippen LogP contribution in [0.4, 0.5) is 0 Å². The molecule has 20 heavy (non-hydrogen) atoms. The molecule has 0 aromatic heterocycles. The Morgan fingerprint density at radius 1 is 1.20 bits per heavy atom. The van der Waals surface area contributed by atoms with Gasteiger partial charge in [0.2, 0.25) is 0 Å². The third-order valence-electron chi connectivity index (χ3n) is 3.14. The number of rotatable bonds is 10. The van der Waals surface area contributed by atoms with E-state index in [1.165, 1.54) is 5.19 Å². The van der Waals surface area contributed by atoms with Gasteiger partial charge in [0, 0.05) is 13.2 Å². The van der Waals surface area contributed by atoms with Crippen molar-refractivity contribution in [2.24, 2.45) is 0 Å². The average molecular weight is 296 g/mol. The van der Waals surface area contributed by atoms with E-state index in [1.807, 2.05) is 26.0 Å². The zero-order valence-electron chi connectivity index (χ0n) is 12.3. The van der Waals surface area contributed by atoms with Crippen molar-refractivity contribution in [2.75, 3.05) is 26.4 Å². The molecule has 112 valence electrons. The molecular weight excluding hydrogens is 272 g/mol. The second-order valence-corrected chi connectivity index (χ2v) is 6.68. The first-order valence-corrected chi connectivity index (χ1v) is 9.09. The van der Waals surface area contributed by atoms with Crippen LogP contribution in [0.1, 0.15) is 13.8 Å². The van der Waals surface area contributed by atoms with Crippen LogP contribution in [-0.2, 0) is 14.2 Å². The Hall–Kier alpha value is -0.883. The van der Waals surface area contributed by atoms with Crippen LogP contribution in [0.2, 0.25) is 6.04 Å². The topological polar surface area (TPSA) is 40.2 Å². The number of hydrogen-bond donors (Lipinski definition) is 0. The average Bonchev–Trinajstić information content (AvgIpc) is 3.28. The van der Waals surface area contributed by atoms with Crippen LogP contribution in [-0.4, -0.2) is 48.3 Å². The summed E-state index contributed by atoms with van der Waals surface area (Å²) in [6, 6.07) is 9.41. The number of benzene rings is 1. The Morgan fingerprint density at radius 3 is 2.40 bits per heavy atom. The summed E-state index contributed by atoms with van der Waals surface area (Å²) in [6.07, 6.45) is 0.266. The van der Waals surface area contributed by atoms with Gasteiger partial charge in [-0.15, -0.1) is 0 Å². The molecule has 0 spiro atoms. The summed E-state index contributed by atoms with van der Waals surface area (Å²) in [7, 11) is -0.363. The van der Waals surface area contributed by atoms with Gasteiger partial charge in [0.1, 0.15) is 18.5 Å². The quantitative estimate of drug-likeness (QED) is 0.368. The molecule has 0 amide bonds. The fourth-order valence-corrected chi connectivity index (χ4v) is 3.45. The van der Waals surface area contributed by atoms with E-state index < -0.39 is 0 Å². The summed E-state index contributed by atoms with van der Waals surface area (Å²) >= 11 is 0. The molecule has 1 unspecified atom stereocenters. The Balaban J connectivity index is 1.73. The Kier molecular flexibility index (Phi) is 6.52. The summed E-state index contributed by atoms with van der Waals surface area (Å²) in [5.74, 6) is 0.921. The molecule has 0 aliphatic carbocycles. The van der Waals surface area contributed by atoms with Crippen LogP contribution < -0.4 is 9.92 Å². The Morgan fingerprint density at radius 2 is 1.85 bits per heavy atom. The molecule has 1 aromatic rings. The predicted molar refractivity (Wildman–Crippen MR) is 81.7 cm³/mol. The molecule has 1 aliphatic heterocycles. The highest BCUT2D eigenvalue weighted by Crippen LogP contribution is 2.13. The van der Waals surface area contributed by atoms with Gasteiger partial charge in [0.25, 0.3) is 0 Å². The van der Waals surface area contributed by atoms with Gasteiger partial charge >= 0.3 is 0 Å². The van der Waals surface area contributed by atoms with Crippen LogP contribution >= 0.6 is 0 Å². The summed E-state index contributed by atoms with van der Waals surface area (Å²) < 4.78 is 21.9. The normalized spacial score (nSPS) is 18.1. The molecule has 0 radical (unpaired) electrons. The van der Waals surface area contributed by atoms with Gasteiger partial charge in [-0.1, -0.05) is 17.3 Å². The number of ether oxygens (including phenoxy) is 4. The van der Waals surface area contributed by atoms with E-state index in [1.54, 1.807) is 0 Å². The maximum Gasteiger partial charge on any atom is 0.155 e. The Labute approximate surface area is 123 Å². The summed E-state index contributed by atoms with van der Waals surface area (Å²) in [6.45, 7) is 6.91. The van der Waals surface area contributed by atoms with Crippen LogP contribution in [0.15, 0.2) is 24.3 Å². The third kappa shape index (κ3) is 5.62. The van der Waals surface area contributed by atoms with Crippen molar-refractivity contribution in [2.45, 2.75) is 32.3 Å². The molecule has 2 rings (SSSR count). The van der Waals surface area contributed by atoms with Crippen LogP contribution in [0, 0.1) is 0 Å². The van der Waals surface area contributed by atoms with Crippen molar-refractivity contribution in [3.8, 4) is 5.75 Å². The molecule has 1 atom stereocenters. The highest BCUT2D eigenvalue weighted by atomic mass is 28.2. The monoisotopic (exact) mass is 296 g/mol. The van der Waals surface area contributed by atoms with Crippen molar-refractivity contribution in [1.29, 1.82) is 0 Å². The molecule has 5 heteroatoms. The molecular formula is C15H24O4Si. The lowest BCUT2D eigenvalue weighted by Crippen LogP contribution is -2.24. The summed E-state index contributed by atoms with van der Waals surface area (Å²) in [5, 5.41) is 1.41. The standard InChI is InChI=1S/C15H24O4Si/c1-3-16-15(17-4-2)11-20-14-7-5-12(6-8-14)18-9-13-10-19-13/h5-8,13,15H,3-4,9-11,20H2,1-2H3. The minimum atomic E-state index is -0.363. The van der Waals surface area contributed by atoms with Crippen LogP contribution in [0.3, 0.4) is 0 Å². The molecule has 0 bridgehead atoms. The maximum atomic E-state index is 5.63. The number of epoxide rings is 1. The minimum absolute atomic E-state index is 0.0420. The molecule has 1 fully saturated rings. The molecule has 0 saturated carbocycles. The van der Waals surface area contributed by atoms with Crippen LogP contribution in [0.5, 0.6) is 5.75 Å². The van der Waals surface area contributed by atoms with E-state index in [0.717, 1.165) is 18.4 Å². The minimum Gasteiger partial charge on any atom is -0.491 e. The van der Waals surface area contributed by atoms with Gasteiger partial charge in [-0.25, -0.2) is 0 Å². The molecule has 0 N–H and O–H groups in total. The van der Waals surface area contributed by atoms with E-state index in [-0.39, 0.29) is 15.8 Å². The highest BCUT2D eigenvalue weighted by molar-refractivity contribution is 6.53. The lowest BCUT2D eigenvalue weighted by atomic mass is 10.3. The van der Waals surface area contributed by atoms with Gasteiger partial charge in [-0.05, 0) is 32.0 Å². The van der Waals surface area contributed by atoms with Gasteiger partial charge in [-0.3, -0.25) is 0 Å². The lowest BCUT2D eigenvalue weighted by Gasteiger charge is -2.16. The number of hydrogen-bond acceptors (Lipinski definition) is 4. The zero-order valence-corrected chi connectivity index (χ0v) is 13.8. The first kappa shape index (κ1) is 15.5. The van der Waals surface area contributed by atoms with Gasteiger partial charge in [-0.2, -0.15) is 0 Å². The SMILES string of the molecule is CCOC(C[SiH2]c1ccc(OCC2CO2)cc1)OCC. The summed E-state index contributed by atoms with van der Waals surface area (Å²) in [4.78, 5) is 0. The van der Waals surface area contributed by atoms with E-state index in [9.17, 15) is 0 Å². The van der Waals surface area contributed by atoms with Gasteiger partial charge < -0.3 is 18.9 Å². The fourth-order valence-electron chi connectivity index (χ4n) is 1.98. The molecule has 1 saturated heterocycles. The Bertz CT molecular complexity index is 372. The van der Waals surface area contributed by atoms with Crippen molar-refractivity contribution in [1.82, 2.24) is 0 Å². The lowest BCUT2D eigenvalue weighted by molar-refractivity contribution is -0.122. The van der Waals surface area contributed by atoms with Gasteiger partial charge in [0.05, 0.1) is 16.1 Å².